The van der Waals surface area contributed by atoms with Crippen LogP contribution in [0.4, 0.5) is 0 Å². The molecule has 0 amide bonds. The maximum atomic E-state index is 12.3. The number of hydrogen-bond donors (Lipinski definition) is 1. The Labute approximate surface area is 144 Å². The van der Waals surface area contributed by atoms with Crippen LogP contribution < -0.4 is 10.3 Å². The van der Waals surface area contributed by atoms with Crippen molar-refractivity contribution in [2.45, 2.75) is 6.92 Å². The van der Waals surface area contributed by atoms with Crippen LogP contribution in [0.1, 0.15) is 21.6 Å². The lowest BCUT2D eigenvalue weighted by molar-refractivity contribution is 0.104. The minimum Gasteiger partial charge on any atom is -0.507 e. The Balaban J connectivity index is 2.32. The number of ether oxygens (including phenoxy) is 1. The number of nitriles is 1. The zero-order chi connectivity index (χ0) is 18.4. The highest BCUT2D eigenvalue weighted by molar-refractivity contribution is 6.08. The average Bonchev–Trinajstić information content (AvgIpc) is 2.58. The summed E-state index contributed by atoms with van der Waals surface area (Å²) < 4.78 is 6.38. The van der Waals surface area contributed by atoms with Crippen LogP contribution in [-0.2, 0) is 0 Å². The van der Waals surface area contributed by atoms with Crippen molar-refractivity contribution in [1.82, 2.24) is 4.57 Å². The molecule has 0 bridgehead atoms. The molecule has 1 N–H and O–H groups in total. The number of rotatable bonds is 6. The second-order valence-electron chi connectivity index (χ2n) is 5.12. The molecule has 1 aromatic heterocycles. The molecule has 25 heavy (non-hydrogen) atoms. The second kappa shape index (κ2) is 7.79. The minimum atomic E-state index is -0.631. The largest absolute Gasteiger partial charge is 0.507 e. The summed E-state index contributed by atoms with van der Waals surface area (Å²) in [5.41, 5.74) is 0.173. The van der Waals surface area contributed by atoms with Crippen molar-refractivity contribution in [3.05, 3.63) is 70.2 Å². The Morgan fingerprint density at radius 3 is 2.88 bits per heavy atom. The number of aromatic nitrogens is 1. The molecule has 1 aromatic carbocycles. The SMILES string of the molecule is C=Cn1c(C)cc(O)c(C(=O)/C=C/c2cccc(OCC#N)c2)c1=O. The van der Waals surface area contributed by atoms with Crippen molar-refractivity contribution in [3.8, 4) is 17.6 Å². The second-order valence-corrected chi connectivity index (χ2v) is 5.12. The maximum Gasteiger partial charge on any atom is 0.269 e. The summed E-state index contributed by atoms with van der Waals surface area (Å²) >= 11 is 0. The van der Waals surface area contributed by atoms with Gasteiger partial charge in [0, 0.05) is 18.0 Å². The van der Waals surface area contributed by atoms with Gasteiger partial charge in [0.25, 0.3) is 5.56 Å². The number of carbonyl (C=O) groups excluding carboxylic acids is 1. The van der Waals surface area contributed by atoms with E-state index in [0.29, 0.717) is 17.0 Å². The molecule has 0 fully saturated rings. The average molecular weight is 336 g/mol. The number of carbonyl (C=O) groups is 1. The number of allylic oxidation sites excluding steroid dienone is 1. The number of ketones is 1. The number of pyridine rings is 1. The van der Waals surface area contributed by atoms with Crippen molar-refractivity contribution in [1.29, 1.82) is 5.26 Å². The zero-order valence-electron chi connectivity index (χ0n) is 13.6. The van der Waals surface area contributed by atoms with E-state index in [1.54, 1.807) is 31.2 Å². The van der Waals surface area contributed by atoms with E-state index >= 15 is 0 Å². The molecular weight excluding hydrogens is 320 g/mol. The van der Waals surface area contributed by atoms with Gasteiger partial charge in [0.05, 0.1) is 0 Å². The first-order valence-corrected chi connectivity index (χ1v) is 7.37. The molecule has 126 valence electrons. The third kappa shape index (κ3) is 4.03. The summed E-state index contributed by atoms with van der Waals surface area (Å²) in [5.74, 6) is -0.508. The van der Waals surface area contributed by atoms with Gasteiger partial charge in [0.15, 0.2) is 12.4 Å². The van der Waals surface area contributed by atoms with Gasteiger partial charge in [-0.15, -0.1) is 0 Å². The number of aromatic hydroxyl groups is 1. The molecule has 0 saturated heterocycles. The van der Waals surface area contributed by atoms with Gasteiger partial charge in [-0.25, -0.2) is 0 Å². The van der Waals surface area contributed by atoms with Crippen molar-refractivity contribution in [2.24, 2.45) is 0 Å². The van der Waals surface area contributed by atoms with Gasteiger partial charge in [-0.3, -0.25) is 14.2 Å². The Morgan fingerprint density at radius 1 is 1.44 bits per heavy atom. The maximum absolute atomic E-state index is 12.3. The normalized spacial score (nSPS) is 10.4. The Hall–Kier alpha value is -3.59. The summed E-state index contributed by atoms with van der Waals surface area (Å²) in [6, 6.07) is 9.99. The third-order valence-corrected chi connectivity index (χ3v) is 3.43. The number of hydrogen-bond acceptors (Lipinski definition) is 5. The molecule has 2 rings (SSSR count). The van der Waals surface area contributed by atoms with Gasteiger partial charge < -0.3 is 9.84 Å². The predicted molar refractivity (Wildman–Crippen MR) is 94.4 cm³/mol. The predicted octanol–water partition coefficient (Wildman–Crippen LogP) is 2.76. The van der Waals surface area contributed by atoms with Crippen LogP contribution in [0.25, 0.3) is 12.3 Å². The molecule has 2 aromatic rings. The van der Waals surface area contributed by atoms with Gasteiger partial charge in [0.1, 0.15) is 23.1 Å². The summed E-state index contributed by atoms with van der Waals surface area (Å²) in [6.45, 7) is 5.07. The summed E-state index contributed by atoms with van der Waals surface area (Å²) in [5, 5.41) is 18.5. The number of aryl methyl sites for hydroxylation is 1. The summed E-state index contributed by atoms with van der Waals surface area (Å²) in [4.78, 5) is 24.6. The minimum absolute atomic E-state index is 0.0789. The van der Waals surface area contributed by atoms with E-state index in [0.717, 1.165) is 0 Å². The van der Waals surface area contributed by atoms with Crippen molar-refractivity contribution in [3.63, 3.8) is 0 Å². The van der Waals surface area contributed by atoms with E-state index in [4.69, 9.17) is 10.00 Å². The molecule has 0 saturated carbocycles. The van der Waals surface area contributed by atoms with Crippen LogP contribution in [0.3, 0.4) is 0 Å². The Kier molecular flexibility index (Phi) is 5.54. The van der Waals surface area contributed by atoms with E-state index in [1.165, 1.54) is 29.0 Å². The first-order valence-electron chi connectivity index (χ1n) is 7.37. The monoisotopic (exact) mass is 336 g/mol. The quantitative estimate of drug-likeness (QED) is 0.647. The van der Waals surface area contributed by atoms with E-state index in [1.807, 2.05) is 6.07 Å². The van der Waals surface area contributed by atoms with Gasteiger partial charge in [-0.05, 0) is 30.7 Å². The molecule has 0 aliphatic heterocycles. The fraction of sp³-hybridized carbons (Fsp3) is 0.105. The zero-order valence-corrected chi connectivity index (χ0v) is 13.6. The summed E-state index contributed by atoms with van der Waals surface area (Å²) in [7, 11) is 0. The smallest absolute Gasteiger partial charge is 0.269 e. The molecular formula is C19H16N2O4. The highest BCUT2D eigenvalue weighted by Gasteiger charge is 2.16. The van der Waals surface area contributed by atoms with E-state index in [9.17, 15) is 14.7 Å². The molecule has 0 radical (unpaired) electrons. The highest BCUT2D eigenvalue weighted by atomic mass is 16.5. The standard InChI is InChI=1S/C19H16N2O4/c1-3-21-13(2)11-17(23)18(19(21)24)16(22)8-7-14-5-4-6-15(12-14)25-10-9-20/h3-8,11-12,23H,1,10H2,2H3/b8-7+. The molecule has 0 atom stereocenters. The van der Waals surface area contributed by atoms with Gasteiger partial charge in [0.2, 0.25) is 0 Å². The fourth-order valence-corrected chi connectivity index (χ4v) is 2.27. The van der Waals surface area contributed by atoms with Crippen molar-refractivity contribution < 1.29 is 14.6 Å². The Bertz CT molecular complexity index is 949. The van der Waals surface area contributed by atoms with Crippen LogP contribution >= 0.6 is 0 Å². The lowest BCUT2D eigenvalue weighted by Crippen LogP contribution is -2.24. The lowest BCUT2D eigenvalue weighted by atomic mass is 10.1. The molecule has 0 aliphatic carbocycles. The van der Waals surface area contributed by atoms with Crippen molar-refractivity contribution in [2.75, 3.05) is 6.61 Å². The van der Waals surface area contributed by atoms with Crippen LogP contribution in [0, 0.1) is 18.3 Å². The molecule has 6 heteroatoms. The van der Waals surface area contributed by atoms with Crippen LogP contribution in [0.2, 0.25) is 0 Å². The molecule has 1 heterocycles. The van der Waals surface area contributed by atoms with E-state index in [2.05, 4.69) is 6.58 Å². The third-order valence-electron chi connectivity index (χ3n) is 3.43. The van der Waals surface area contributed by atoms with Crippen LogP contribution in [-0.4, -0.2) is 22.1 Å². The molecule has 0 unspecified atom stereocenters. The molecule has 0 spiro atoms. The number of nitrogens with zero attached hydrogens (tertiary/aromatic N) is 2. The highest BCUT2D eigenvalue weighted by Crippen LogP contribution is 2.18. The van der Waals surface area contributed by atoms with Gasteiger partial charge in [-0.1, -0.05) is 24.8 Å². The van der Waals surface area contributed by atoms with Gasteiger partial charge >= 0.3 is 0 Å². The van der Waals surface area contributed by atoms with E-state index < -0.39 is 11.3 Å². The van der Waals surface area contributed by atoms with E-state index in [-0.39, 0.29) is 17.9 Å². The lowest BCUT2D eigenvalue weighted by Gasteiger charge is -2.08. The summed E-state index contributed by atoms with van der Waals surface area (Å²) in [6.07, 6.45) is 3.98. The molecule has 6 nitrogen and oxygen atoms in total. The van der Waals surface area contributed by atoms with Crippen LogP contribution in [0.15, 0.2) is 47.8 Å². The topological polar surface area (TPSA) is 92.3 Å². The first-order chi connectivity index (χ1) is 12.0. The Morgan fingerprint density at radius 2 is 2.20 bits per heavy atom. The van der Waals surface area contributed by atoms with Gasteiger partial charge in [-0.2, -0.15) is 5.26 Å². The number of benzene rings is 1. The van der Waals surface area contributed by atoms with Crippen LogP contribution in [0.5, 0.6) is 11.5 Å². The first kappa shape index (κ1) is 17.8. The molecule has 0 aliphatic rings. The fourth-order valence-electron chi connectivity index (χ4n) is 2.27. The van der Waals surface area contributed by atoms with Crippen molar-refractivity contribution >= 4 is 18.1 Å².